The molecule has 116 valence electrons. The van der Waals surface area contributed by atoms with E-state index in [0.717, 1.165) is 39.1 Å². The number of piperazine rings is 1. The predicted molar refractivity (Wildman–Crippen MR) is 85.3 cm³/mol. The molecule has 1 aliphatic heterocycles. The van der Waals surface area contributed by atoms with Gasteiger partial charge in [-0.25, -0.2) is 4.79 Å². The summed E-state index contributed by atoms with van der Waals surface area (Å²) in [6.45, 7) is 6.60. The van der Waals surface area contributed by atoms with Crippen molar-refractivity contribution < 1.29 is 9.53 Å². The van der Waals surface area contributed by atoms with Gasteiger partial charge < -0.3 is 15.0 Å². The lowest BCUT2D eigenvalue weighted by atomic mass is 10.3. The quantitative estimate of drug-likeness (QED) is 0.930. The van der Waals surface area contributed by atoms with Gasteiger partial charge in [0.25, 0.3) is 0 Å². The van der Waals surface area contributed by atoms with Crippen molar-refractivity contribution in [2.45, 2.75) is 13.3 Å². The third-order valence-corrected chi connectivity index (χ3v) is 3.84. The van der Waals surface area contributed by atoms with E-state index >= 15 is 0 Å². The summed E-state index contributed by atoms with van der Waals surface area (Å²) in [6, 6.07) is 5.08. The first kappa shape index (κ1) is 15.9. The standard InChI is InChI=1S/C15H22ClN3O2/c1-3-6-18-7-9-19(10-8-18)15(20)17-13-11-12(16)4-5-14(13)21-2/h4-5,11H,3,6-10H2,1-2H3,(H,17,20). The van der Waals surface area contributed by atoms with E-state index in [4.69, 9.17) is 16.3 Å². The van der Waals surface area contributed by atoms with Crippen molar-refractivity contribution in [2.75, 3.05) is 45.2 Å². The van der Waals surface area contributed by atoms with E-state index in [2.05, 4.69) is 17.1 Å². The number of hydrogen-bond donors (Lipinski definition) is 1. The molecule has 6 heteroatoms. The summed E-state index contributed by atoms with van der Waals surface area (Å²) in [4.78, 5) is 16.5. The Morgan fingerprint density at radius 2 is 2.05 bits per heavy atom. The zero-order valence-electron chi connectivity index (χ0n) is 12.6. The fourth-order valence-corrected chi connectivity index (χ4v) is 2.64. The smallest absolute Gasteiger partial charge is 0.322 e. The van der Waals surface area contributed by atoms with E-state index < -0.39 is 0 Å². The van der Waals surface area contributed by atoms with Crippen LogP contribution in [0.2, 0.25) is 5.02 Å². The number of nitrogens with zero attached hydrogens (tertiary/aromatic N) is 2. The van der Waals surface area contributed by atoms with Gasteiger partial charge in [-0.1, -0.05) is 18.5 Å². The van der Waals surface area contributed by atoms with Gasteiger partial charge in [0.15, 0.2) is 0 Å². The van der Waals surface area contributed by atoms with Gasteiger partial charge in [0.1, 0.15) is 5.75 Å². The number of rotatable bonds is 4. The highest BCUT2D eigenvalue weighted by Gasteiger charge is 2.21. The van der Waals surface area contributed by atoms with Gasteiger partial charge in [0, 0.05) is 31.2 Å². The maximum atomic E-state index is 12.3. The summed E-state index contributed by atoms with van der Waals surface area (Å²) in [5.41, 5.74) is 0.603. The Labute approximate surface area is 130 Å². The number of benzene rings is 1. The molecule has 0 bridgehead atoms. The first-order valence-corrected chi connectivity index (χ1v) is 7.63. The normalized spacial score (nSPS) is 15.9. The highest BCUT2D eigenvalue weighted by Crippen LogP contribution is 2.27. The zero-order valence-corrected chi connectivity index (χ0v) is 13.3. The van der Waals surface area contributed by atoms with Crippen LogP contribution < -0.4 is 10.1 Å². The van der Waals surface area contributed by atoms with Crippen LogP contribution in [-0.4, -0.2) is 55.7 Å². The molecule has 0 aromatic heterocycles. The van der Waals surface area contributed by atoms with Crippen molar-refractivity contribution in [3.8, 4) is 5.75 Å². The molecule has 21 heavy (non-hydrogen) atoms. The largest absolute Gasteiger partial charge is 0.495 e. The Bertz CT molecular complexity index is 488. The van der Waals surface area contributed by atoms with Crippen LogP contribution in [0.15, 0.2) is 18.2 Å². The first-order valence-electron chi connectivity index (χ1n) is 7.26. The molecule has 5 nitrogen and oxygen atoms in total. The summed E-state index contributed by atoms with van der Waals surface area (Å²) >= 11 is 5.97. The van der Waals surface area contributed by atoms with Gasteiger partial charge >= 0.3 is 6.03 Å². The van der Waals surface area contributed by atoms with Gasteiger partial charge in [-0.3, -0.25) is 4.90 Å². The lowest BCUT2D eigenvalue weighted by molar-refractivity contribution is 0.147. The molecule has 1 aliphatic rings. The lowest BCUT2D eigenvalue weighted by Gasteiger charge is -2.34. The fourth-order valence-electron chi connectivity index (χ4n) is 2.46. The molecule has 1 aromatic rings. The topological polar surface area (TPSA) is 44.8 Å². The second-order valence-electron chi connectivity index (χ2n) is 5.10. The number of halogens is 1. The van der Waals surface area contributed by atoms with Crippen LogP contribution in [0, 0.1) is 0 Å². The molecular weight excluding hydrogens is 290 g/mol. The highest BCUT2D eigenvalue weighted by atomic mass is 35.5. The summed E-state index contributed by atoms with van der Waals surface area (Å²) in [7, 11) is 1.57. The van der Waals surface area contributed by atoms with E-state index in [-0.39, 0.29) is 6.03 Å². The van der Waals surface area contributed by atoms with E-state index in [9.17, 15) is 4.79 Å². The Morgan fingerprint density at radius 3 is 2.67 bits per heavy atom. The Morgan fingerprint density at radius 1 is 1.33 bits per heavy atom. The van der Waals surface area contributed by atoms with Gasteiger partial charge in [-0.15, -0.1) is 0 Å². The maximum Gasteiger partial charge on any atom is 0.322 e. The molecule has 1 N–H and O–H groups in total. The SMILES string of the molecule is CCCN1CCN(C(=O)Nc2cc(Cl)ccc2OC)CC1. The van der Waals surface area contributed by atoms with Crippen LogP contribution in [0.4, 0.5) is 10.5 Å². The number of hydrogen-bond acceptors (Lipinski definition) is 3. The molecular formula is C15H22ClN3O2. The van der Waals surface area contributed by atoms with Gasteiger partial charge in [0.05, 0.1) is 12.8 Å². The average molecular weight is 312 g/mol. The molecule has 0 aliphatic carbocycles. The summed E-state index contributed by atoms with van der Waals surface area (Å²) in [6.07, 6.45) is 1.14. The predicted octanol–water partition coefficient (Wildman–Crippen LogP) is 2.91. The second kappa shape index (κ2) is 7.52. The molecule has 0 radical (unpaired) electrons. The number of nitrogens with one attached hydrogen (secondary N) is 1. The summed E-state index contributed by atoms with van der Waals surface area (Å²) < 4.78 is 5.24. The molecule has 1 heterocycles. The van der Waals surface area contributed by atoms with Gasteiger partial charge in [-0.05, 0) is 31.2 Å². The Hall–Kier alpha value is -1.46. The van der Waals surface area contributed by atoms with E-state index in [1.807, 2.05) is 4.90 Å². The van der Waals surface area contributed by atoms with Crippen molar-refractivity contribution in [1.82, 2.24) is 9.80 Å². The number of methoxy groups -OCH3 is 1. The molecule has 1 fully saturated rings. The van der Waals surface area contributed by atoms with Gasteiger partial charge in [0.2, 0.25) is 0 Å². The van der Waals surface area contributed by atoms with Crippen LogP contribution in [0.1, 0.15) is 13.3 Å². The minimum Gasteiger partial charge on any atom is -0.495 e. The highest BCUT2D eigenvalue weighted by molar-refractivity contribution is 6.31. The summed E-state index contributed by atoms with van der Waals surface area (Å²) in [5, 5.41) is 3.45. The number of amides is 2. The van der Waals surface area contributed by atoms with Crippen molar-refractivity contribution in [3.05, 3.63) is 23.2 Å². The number of carbonyl (C=O) groups excluding carboxylic acids is 1. The molecule has 2 rings (SSSR count). The number of urea groups is 1. The van der Waals surface area contributed by atoms with E-state index in [1.54, 1.807) is 25.3 Å². The molecule has 0 unspecified atom stereocenters. The van der Waals surface area contributed by atoms with Crippen molar-refractivity contribution >= 4 is 23.3 Å². The third kappa shape index (κ3) is 4.25. The van der Waals surface area contributed by atoms with Crippen molar-refractivity contribution in [2.24, 2.45) is 0 Å². The zero-order chi connectivity index (χ0) is 15.2. The van der Waals surface area contributed by atoms with Crippen molar-refractivity contribution in [1.29, 1.82) is 0 Å². The fraction of sp³-hybridized carbons (Fsp3) is 0.533. The average Bonchev–Trinajstić information content (AvgIpc) is 2.48. The molecule has 0 saturated carbocycles. The molecule has 1 saturated heterocycles. The maximum absolute atomic E-state index is 12.3. The number of carbonyl (C=O) groups is 1. The van der Waals surface area contributed by atoms with Crippen LogP contribution in [0.3, 0.4) is 0 Å². The monoisotopic (exact) mass is 311 g/mol. The Kier molecular flexibility index (Phi) is 5.70. The van der Waals surface area contributed by atoms with Crippen molar-refractivity contribution in [3.63, 3.8) is 0 Å². The van der Waals surface area contributed by atoms with Crippen LogP contribution >= 0.6 is 11.6 Å². The number of ether oxygens (including phenoxy) is 1. The van der Waals surface area contributed by atoms with Crippen LogP contribution in [0.25, 0.3) is 0 Å². The first-order chi connectivity index (χ1) is 10.1. The third-order valence-electron chi connectivity index (χ3n) is 3.60. The van der Waals surface area contributed by atoms with E-state index in [1.165, 1.54) is 0 Å². The van der Waals surface area contributed by atoms with Gasteiger partial charge in [-0.2, -0.15) is 0 Å². The molecule has 1 aromatic carbocycles. The minimum atomic E-state index is -0.105. The lowest BCUT2D eigenvalue weighted by Crippen LogP contribution is -2.50. The minimum absolute atomic E-state index is 0.105. The Balaban J connectivity index is 1.95. The van der Waals surface area contributed by atoms with E-state index in [0.29, 0.717) is 16.5 Å². The van der Waals surface area contributed by atoms with Crippen LogP contribution in [0.5, 0.6) is 5.75 Å². The number of anilines is 1. The summed E-state index contributed by atoms with van der Waals surface area (Å²) in [5.74, 6) is 0.609. The second-order valence-corrected chi connectivity index (χ2v) is 5.54. The van der Waals surface area contributed by atoms with Crippen LogP contribution in [-0.2, 0) is 0 Å². The molecule has 0 atom stereocenters. The molecule has 0 spiro atoms. The molecule has 2 amide bonds.